The van der Waals surface area contributed by atoms with Crippen molar-refractivity contribution in [3.63, 3.8) is 0 Å². The molecule has 1 N–H and O–H groups in total. The van der Waals surface area contributed by atoms with Crippen molar-refractivity contribution in [1.82, 2.24) is 0 Å². The Kier molecular flexibility index (Phi) is 5.27. The first-order valence-electron chi connectivity index (χ1n) is 11.5. The second-order valence-electron chi connectivity index (χ2n) is 10.6. The molecule has 28 heavy (non-hydrogen) atoms. The van der Waals surface area contributed by atoms with Crippen LogP contribution in [-0.4, -0.2) is 23.3 Å². The Balaban J connectivity index is 1.51. The second-order valence-corrected chi connectivity index (χ2v) is 10.6. The van der Waals surface area contributed by atoms with E-state index in [0.29, 0.717) is 11.3 Å². The zero-order valence-electron chi connectivity index (χ0n) is 18.1. The molecule has 4 rings (SSSR count). The third kappa shape index (κ3) is 3.28. The number of allylic oxidation sites excluding steroid dienone is 3. The van der Waals surface area contributed by atoms with E-state index in [-0.39, 0.29) is 23.6 Å². The number of carbonyl (C=O) groups excluding carboxylic acids is 1. The standard InChI is InChI=1S/C25H38O3/c1-16(26)5-6-18-8-10-22-21-9-7-19-15-20(28-17(2)27)11-13-25(19,4)23(21)12-14-24(18,22)3/h5-6,8,16,19-23,26H,7,9-15H2,1-4H3/b6-5+/t16?,19-,20?,21?,22?,23?,24?,25?/m0/s1. The van der Waals surface area contributed by atoms with Gasteiger partial charge in [-0.15, -0.1) is 0 Å². The summed E-state index contributed by atoms with van der Waals surface area (Å²) in [6.45, 7) is 8.41. The molecule has 0 amide bonds. The minimum Gasteiger partial charge on any atom is -0.463 e. The summed E-state index contributed by atoms with van der Waals surface area (Å²) >= 11 is 0. The number of fused-ring (bicyclic) bond motifs is 5. The molecule has 7 unspecified atom stereocenters. The summed E-state index contributed by atoms with van der Waals surface area (Å²) in [4.78, 5) is 11.4. The average Bonchev–Trinajstić information content (AvgIpc) is 2.96. The Bertz CT molecular complexity index is 677. The molecule has 3 fully saturated rings. The van der Waals surface area contributed by atoms with Crippen LogP contribution in [0.15, 0.2) is 23.8 Å². The zero-order valence-corrected chi connectivity index (χ0v) is 18.1. The van der Waals surface area contributed by atoms with E-state index in [1.807, 2.05) is 13.0 Å². The fraction of sp³-hybridized carbons (Fsp3) is 0.800. The van der Waals surface area contributed by atoms with Crippen molar-refractivity contribution in [3.8, 4) is 0 Å². The molecule has 8 atom stereocenters. The van der Waals surface area contributed by atoms with Gasteiger partial charge < -0.3 is 9.84 Å². The van der Waals surface area contributed by atoms with Crippen LogP contribution in [0.3, 0.4) is 0 Å². The second kappa shape index (κ2) is 7.31. The van der Waals surface area contributed by atoms with Gasteiger partial charge in [0.05, 0.1) is 6.10 Å². The first-order valence-corrected chi connectivity index (χ1v) is 11.5. The Labute approximate surface area is 170 Å². The van der Waals surface area contributed by atoms with Gasteiger partial charge in [0.15, 0.2) is 0 Å². The smallest absolute Gasteiger partial charge is 0.302 e. The third-order valence-electron chi connectivity index (χ3n) is 9.15. The summed E-state index contributed by atoms with van der Waals surface area (Å²) in [6, 6.07) is 0. The van der Waals surface area contributed by atoms with E-state index in [1.54, 1.807) is 6.92 Å². The van der Waals surface area contributed by atoms with Crippen molar-refractivity contribution in [2.75, 3.05) is 0 Å². The summed E-state index contributed by atoms with van der Waals surface area (Å²) in [5.74, 6) is 2.98. The third-order valence-corrected chi connectivity index (χ3v) is 9.15. The zero-order chi connectivity index (χ0) is 20.1. The lowest BCUT2D eigenvalue weighted by atomic mass is 9.44. The lowest BCUT2D eigenvalue weighted by Gasteiger charge is -2.60. The van der Waals surface area contributed by atoms with Crippen LogP contribution in [0.2, 0.25) is 0 Å². The lowest BCUT2D eigenvalue weighted by molar-refractivity contribution is -0.158. The van der Waals surface area contributed by atoms with Gasteiger partial charge in [-0.2, -0.15) is 0 Å². The van der Waals surface area contributed by atoms with Gasteiger partial charge in [0, 0.05) is 6.92 Å². The highest BCUT2D eigenvalue weighted by atomic mass is 16.5. The van der Waals surface area contributed by atoms with E-state index < -0.39 is 0 Å². The van der Waals surface area contributed by atoms with Gasteiger partial charge >= 0.3 is 5.97 Å². The van der Waals surface area contributed by atoms with Crippen LogP contribution in [0.25, 0.3) is 0 Å². The van der Waals surface area contributed by atoms with E-state index >= 15 is 0 Å². The van der Waals surface area contributed by atoms with Crippen molar-refractivity contribution < 1.29 is 14.6 Å². The molecule has 3 nitrogen and oxygen atoms in total. The molecule has 3 heteroatoms. The highest BCUT2D eigenvalue weighted by Crippen LogP contribution is 2.66. The van der Waals surface area contributed by atoms with E-state index in [4.69, 9.17) is 4.74 Å². The topological polar surface area (TPSA) is 46.5 Å². The Hall–Kier alpha value is -1.09. The molecule has 0 aromatic carbocycles. The van der Waals surface area contributed by atoms with Gasteiger partial charge in [0.25, 0.3) is 0 Å². The number of carbonyl (C=O) groups is 1. The molecule has 0 aromatic rings. The van der Waals surface area contributed by atoms with E-state index in [9.17, 15) is 9.90 Å². The quantitative estimate of drug-likeness (QED) is 0.658. The van der Waals surface area contributed by atoms with E-state index in [2.05, 4.69) is 26.0 Å². The maximum Gasteiger partial charge on any atom is 0.302 e. The highest BCUT2D eigenvalue weighted by Gasteiger charge is 2.58. The largest absolute Gasteiger partial charge is 0.463 e. The molecule has 0 radical (unpaired) electrons. The van der Waals surface area contributed by atoms with E-state index in [1.165, 1.54) is 44.1 Å². The van der Waals surface area contributed by atoms with Crippen LogP contribution in [0.1, 0.15) is 79.1 Å². The molecule has 4 aliphatic rings. The van der Waals surface area contributed by atoms with Crippen LogP contribution in [0.4, 0.5) is 0 Å². The van der Waals surface area contributed by atoms with Crippen LogP contribution in [0.5, 0.6) is 0 Å². The van der Waals surface area contributed by atoms with Crippen LogP contribution in [-0.2, 0) is 9.53 Å². The molecule has 0 heterocycles. The maximum absolute atomic E-state index is 11.4. The summed E-state index contributed by atoms with van der Waals surface area (Å²) < 4.78 is 5.59. The maximum atomic E-state index is 11.4. The Morgan fingerprint density at radius 1 is 1.21 bits per heavy atom. The molecular formula is C25H38O3. The van der Waals surface area contributed by atoms with Crippen LogP contribution in [0, 0.1) is 34.5 Å². The Morgan fingerprint density at radius 2 is 2.00 bits per heavy atom. The van der Waals surface area contributed by atoms with E-state index in [0.717, 1.165) is 30.6 Å². The molecule has 0 aliphatic heterocycles. The van der Waals surface area contributed by atoms with Crippen molar-refractivity contribution >= 4 is 5.97 Å². The molecule has 4 aliphatic carbocycles. The van der Waals surface area contributed by atoms with Crippen molar-refractivity contribution in [3.05, 3.63) is 23.8 Å². The summed E-state index contributed by atoms with van der Waals surface area (Å²) in [6.07, 6.45) is 16.1. The lowest BCUT2D eigenvalue weighted by Crippen LogP contribution is -2.53. The molecule has 0 spiro atoms. The number of aliphatic hydroxyl groups excluding tert-OH is 1. The molecule has 0 aromatic heterocycles. The number of aliphatic hydroxyl groups is 1. The summed E-state index contributed by atoms with van der Waals surface area (Å²) in [5.41, 5.74) is 2.16. The number of ether oxygens (including phenoxy) is 1. The van der Waals surface area contributed by atoms with Gasteiger partial charge in [-0.1, -0.05) is 32.1 Å². The molecule has 3 saturated carbocycles. The normalized spacial score (nSPS) is 46.3. The monoisotopic (exact) mass is 386 g/mol. The predicted octanol–water partition coefficient (Wildman–Crippen LogP) is 5.43. The van der Waals surface area contributed by atoms with Gasteiger partial charge in [0.1, 0.15) is 6.10 Å². The number of rotatable bonds is 3. The minimum atomic E-state index is -0.373. The molecular weight excluding hydrogens is 348 g/mol. The van der Waals surface area contributed by atoms with Crippen LogP contribution < -0.4 is 0 Å². The molecule has 0 bridgehead atoms. The molecule has 0 saturated heterocycles. The summed E-state index contributed by atoms with van der Waals surface area (Å²) in [7, 11) is 0. The first-order chi connectivity index (χ1) is 13.2. The minimum absolute atomic E-state index is 0.120. The number of hydrogen-bond acceptors (Lipinski definition) is 3. The van der Waals surface area contributed by atoms with Gasteiger partial charge in [-0.25, -0.2) is 0 Å². The van der Waals surface area contributed by atoms with Crippen LogP contribution >= 0.6 is 0 Å². The summed E-state index contributed by atoms with van der Waals surface area (Å²) in [5, 5.41) is 9.67. The van der Waals surface area contributed by atoms with Crippen molar-refractivity contribution in [2.24, 2.45) is 34.5 Å². The average molecular weight is 387 g/mol. The number of hydrogen-bond donors (Lipinski definition) is 1. The molecule has 156 valence electrons. The predicted molar refractivity (Wildman–Crippen MR) is 112 cm³/mol. The fourth-order valence-electron chi connectivity index (χ4n) is 7.66. The van der Waals surface area contributed by atoms with Gasteiger partial charge in [-0.3, -0.25) is 4.79 Å². The first kappa shape index (κ1) is 20.2. The van der Waals surface area contributed by atoms with Gasteiger partial charge in [0.2, 0.25) is 0 Å². The fourth-order valence-corrected chi connectivity index (χ4v) is 7.66. The van der Waals surface area contributed by atoms with Crippen molar-refractivity contribution in [2.45, 2.75) is 91.3 Å². The SMILES string of the molecule is CC(=O)OC1CCC2(C)C3CCC4(C)C(/C=C/C(C)O)=CCC4C3CC[C@H]2C1. The van der Waals surface area contributed by atoms with Crippen molar-refractivity contribution in [1.29, 1.82) is 0 Å². The Morgan fingerprint density at radius 3 is 2.71 bits per heavy atom. The van der Waals surface area contributed by atoms with Gasteiger partial charge in [-0.05, 0) is 98.4 Å². The highest BCUT2D eigenvalue weighted by molar-refractivity contribution is 5.66. The number of esters is 1.